The van der Waals surface area contributed by atoms with Crippen molar-refractivity contribution >= 4 is 17.7 Å². The van der Waals surface area contributed by atoms with Gasteiger partial charge in [-0.2, -0.15) is 0 Å². The minimum absolute atomic E-state index is 0.0809. The largest absolute Gasteiger partial charge is 0.493 e. The molecule has 0 radical (unpaired) electrons. The van der Waals surface area contributed by atoms with Gasteiger partial charge < -0.3 is 29.0 Å². The van der Waals surface area contributed by atoms with Crippen LogP contribution in [0.15, 0.2) is 89.3 Å². The van der Waals surface area contributed by atoms with Gasteiger partial charge in [0, 0.05) is 42.7 Å². The summed E-state index contributed by atoms with van der Waals surface area (Å²) in [6.07, 6.45) is 1.35. The molecule has 0 spiro atoms. The van der Waals surface area contributed by atoms with Gasteiger partial charge in [-0.25, -0.2) is 4.79 Å². The summed E-state index contributed by atoms with van der Waals surface area (Å²) in [7, 11) is 3.17. The number of ketones is 1. The van der Waals surface area contributed by atoms with Crippen LogP contribution in [0.5, 0.6) is 23.0 Å². The van der Waals surface area contributed by atoms with Crippen molar-refractivity contribution in [3.8, 4) is 23.0 Å². The smallest absolute Gasteiger partial charge is 0.336 e. The third-order valence-corrected chi connectivity index (χ3v) is 8.25. The molecule has 1 aliphatic heterocycles. The molecule has 0 fully saturated rings. The average Bonchev–Trinajstić information content (AvgIpc) is 3.04. The van der Waals surface area contributed by atoms with Crippen LogP contribution in [0.1, 0.15) is 62.1 Å². The highest BCUT2D eigenvalue weighted by atomic mass is 16.6. The number of hydrogen-bond donors (Lipinski definition) is 1. The number of benzene rings is 3. The Morgan fingerprint density at radius 1 is 0.870 bits per heavy atom. The number of dihydropyridines is 1. The third kappa shape index (κ3) is 6.93. The predicted octanol–water partition coefficient (Wildman–Crippen LogP) is 6.18. The molecule has 0 amide bonds. The van der Waals surface area contributed by atoms with Gasteiger partial charge in [0.05, 0.1) is 33.0 Å². The highest BCUT2D eigenvalue weighted by Crippen LogP contribution is 2.47. The Kier molecular flexibility index (Phi) is 10.1. The van der Waals surface area contributed by atoms with Gasteiger partial charge in [0.25, 0.3) is 0 Å². The molecule has 0 saturated heterocycles. The number of carbonyl (C=O) groups excluding carboxylic acids is 3. The summed E-state index contributed by atoms with van der Waals surface area (Å²) in [5.41, 5.74) is 4.88. The number of ether oxygens (including phenoxy) is 5. The first-order chi connectivity index (χ1) is 22.2. The number of allylic oxidation sites excluding steroid dienone is 3. The van der Waals surface area contributed by atoms with Crippen LogP contribution in [0.4, 0.5) is 0 Å². The average molecular weight is 626 g/mol. The van der Waals surface area contributed by atoms with Crippen molar-refractivity contribution in [2.24, 2.45) is 0 Å². The molecular formula is C37H39NO8. The molecule has 0 aromatic heterocycles. The number of nitrogens with one attached hydrogen (secondary N) is 1. The van der Waals surface area contributed by atoms with Crippen LogP contribution in [-0.4, -0.2) is 45.2 Å². The van der Waals surface area contributed by atoms with Crippen molar-refractivity contribution in [3.05, 3.63) is 106 Å². The molecule has 3 aromatic carbocycles. The van der Waals surface area contributed by atoms with Gasteiger partial charge in [0.1, 0.15) is 0 Å². The van der Waals surface area contributed by atoms with Gasteiger partial charge in [0.15, 0.2) is 28.8 Å². The zero-order valence-electron chi connectivity index (χ0n) is 26.8. The molecule has 1 heterocycles. The SMILES string of the molecule is CCOc1cc([C@H]2C(C(=O)OCCc3ccccc3)=C(C)NC3=C2C(=O)C[C@H](c2ccc(OC)c(OC)c2)C3)ccc1OC(C)=O. The van der Waals surface area contributed by atoms with Gasteiger partial charge in [0.2, 0.25) is 0 Å². The third-order valence-electron chi connectivity index (χ3n) is 8.25. The predicted molar refractivity (Wildman–Crippen MR) is 172 cm³/mol. The van der Waals surface area contributed by atoms with E-state index >= 15 is 0 Å². The second-order valence-electron chi connectivity index (χ2n) is 11.2. The Hall–Kier alpha value is -5.05. The van der Waals surface area contributed by atoms with Crippen LogP contribution >= 0.6 is 0 Å². The van der Waals surface area contributed by atoms with Crippen LogP contribution in [0.3, 0.4) is 0 Å². The topological polar surface area (TPSA) is 109 Å². The van der Waals surface area contributed by atoms with Gasteiger partial charge in [-0.05, 0) is 67.1 Å². The van der Waals surface area contributed by atoms with Gasteiger partial charge in [-0.15, -0.1) is 0 Å². The quantitative estimate of drug-likeness (QED) is 0.198. The first kappa shape index (κ1) is 32.3. The van der Waals surface area contributed by atoms with Crippen molar-refractivity contribution in [3.63, 3.8) is 0 Å². The molecule has 2 aliphatic rings. The highest BCUT2D eigenvalue weighted by Gasteiger charge is 2.42. The van der Waals surface area contributed by atoms with E-state index in [-0.39, 0.29) is 30.5 Å². The molecule has 240 valence electrons. The molecule has 0 bridgehead atoms. The van der Waals surface area contributed by atoms with E-state index in [1.54, 1.807) is 32.4 Å². The summed E-state index contributed by atoms with van der Waals surface area (Å²) in [4.78, 5) is 39.7. The Morgan fingerprint density at radius 3 is 2.26 bits per heavy atom. The first-order valence-corrected chi connectivity index (χ1v) is 15.4. The summed E-state index contributed by atoms with van der Waals surface area (Å²) in [6.45, 7) is 5.48. The van der Waals surface area contributed by atoms with Crippen molar-refractivity contribution in [1.82, 2.24) is 5.32 Å². The number of carbonyl (C=O) groups is 3. The lowest BCUT2D eigenvalue weighted by Gasteiger charge is -2.37. The molecule has 3 aromatic rings. The molecule has 0 unspecified atom stereocenters. The fourth-order valence-corrected chi connectivity index (χ4v) is 6.18. The van der Waals surface area contributed by atoms with Crippen molar-refractivity contribution in [2.75, 3.05) is 27.4 Å². The second-order valence-corrected chi connectivity index (χ2v) is 11.2. The zero-order chi connectivity index (χ0) is 32.8. The molecule has 1 N–H and O–H groups in total. The lowest BCUT2D eigenvalue weighted by atomic mass is 9.71. The standard InChI is InChI=1S/C37H39NO8/c1-6-44-33-21-26(13-15-31(33)46-23(3)39)35-34(37(41)45-17-16-24-10-8-7-9-11-24)22(2)38-28-18-27(19-29(40)36(28)35)25-12-14-30(42-4)32(20-25)43-5/h7-15,20-21,27,35,38H,6,16-19H2,1-5H3/t27-,35+/m1/s1. The minimum atomic E-state index is -0.718. The van der Waals surface area contributed by atoms with Crippen LogP contribution in [0.25, 0.3) is 0 Å². The Bertz CT molecular complexity index is 1690. The maximum absolute atomic E-state index is 14.1. The van der Waals surface area contributed by atoms with Crippen LogP contribution in [-0.2, 0) is 25.5 Å². The van der Waals surface area contributed by atoms with Crippen molar-refractivity contribution < 1.29 is 38.1 Å². The highest BCUT2D eigenvalue weighted by molar-refractivity contribution is 6.04. The van der Waals surface area contributed by atoms with E-state index < -0.39 is 17.9 Å². The maximum atomic E-state index is 14.1. The normalized spacial score (nSPS) is 17.5. The van der Waals surface area contributed by atoms with Crippen LogP contribution in [0, 0.1) is 0 Å². The summed E-state index contributed by atoms with van der Waals surface area (Å²) in [6, 6.07) is 20.6. The summed E-state index contributed by atoms with van der Waals surface area (Å²) < 4.78 is 28.0. The Labute approximate surface area is 269 Å². The number of esters is 2. The minimum Gasteiger partial charge on any atom is -0.493 e. The van der Waals surface area contributed by atoms with E-state index in [1.165, 1.54) is 6.92 Å². The molecule has 2 atom stereocenters. The fourth-order valence-electron chi connectivity index (χ4n) is 6.18. The number of Topliss-reactive ketones (excluding diaryl/α,β-unsaturated/α-hetero) is 1. The van der Waals surface area contributed by atoms with Gasteiger partial charge >= 0.3 is 11.9 Å². The molecule has 46 heavy (non-hydrogen) atoms. The van der Waals surface area contributed by atoms with Crippen molar-refractivity contribution in [1.29, 1.82) is 0 Å². The lowest BCUT2D eigenvalue weighted by Crippen LogP contribution is -2.36. The van der Waals surface area contributed by atoms with Crippen LogP contribution in [0.2, 0.25) is 0 Å². The fraction of sp³-hybridized carbons (Fsp3) is 0.324. The molecular weight excluding hydrogens is 586 g/mol. The van der Waals surface area contributed by atoms with E-state index in [9.17, 15) is 14.4 Å². The molecule has 1 aliphatic carbocycles. The van der Waals surface area contributed by atoms with Gasteiger partial charge in [-0.3, -0.25) is 9.59 Å². The monoisotopic (exact) mass is 625 g/mol. The van der Waals surface area contributed by atoms with Gasteiger partial charge in [-0.1, -0.05) is 42.5 Å². The Balaban J connectivity index is 1.53. The van der Waals surface area contributed by atoms with E-state index in [1.807, 2.05) is 62.4 Å². The summed E-state index contributed by atoms with van der Waals surface area (Å²) in [5, 5.41) is 3.40. The summed E-state index contributed by atoms with van der Waals surface area (Å²) in [5.74, 6) is -0.0919. The van der Waals surface area contributed by atoms with E-state index in [0.717, 1.165) is 16.8 Å². The maximum Gasteiger partial charge on any atom is 0.336 e. The second kappa shape index (κ2) is 14.4. The van der Waals surface area contributed by atoms with Crippen molar-refractivity contribution in [2.45, 2.75) is 51.9 Å². The molecule has 0 saturated carbocycles. The molecule has 9 nitrogen and oxygen atoms in total. The van der Waals surface area contributed by atoms with E-state index in [0.29, 0.717) is 59.1 Å². The molecule has 5 rings (SSSR count). The number of rotatable bonds is 11. The van der Waals surface area contributed by atoms with Crippen LogP contribution < -0.4 is 24.3 Å². The number of methoxy groups -OCH3 is 2. The summed E-state index contributed by atoms with van der Waals surface area (Å²) >= 11 is 0. The zero-order valence-corrected chi connectivity index (χ0v) is 26.8. The van der Waals surface area contributed by atoms with E-state index in [4.69, 9.17) is 23.7 Å². The first-order valence-electron chi connectivity index (χ1n) is 15.4. The lowest BCUT2D eigenvalue weighted by molar-refractivity contribution is -0.139. The van der Waals surface area contributed by atoms with E-state index in [2.05, 4.69) is 5.32 Å². The number of hydrogen-bond acceptors (Lipinski definition) is 9. The molecule has 9 heteroatoms. The Morgan fingerprint density at radius 2 is 1.57 bits per heavy atom.